The molecule has 0 bridgehead atoms. The number of hydrogen-bond acceptors (Lipinski definition) is 1. The highest BCUT2D eigenvalue weighted by atomic mass is 79.9. The fraction of sp³-hybridized carbons (Fsp3) is 0.182. The van der Waals surface area contributed by atoms with E-state index in [9.17, 15) is 0 Å². The number of aromatic nitrogens is 2. The molecule has 1 aromatic heterocycles. The van der Waals surface area contributed by atoms with Crippen molar-refractivity contribution in [2.75, 3.05) is 5.33 Å². The normalized spacial score (nSPS) is 9.79. The van der Waals surface area contributed by atoms with Gasteiger partial charge in [-0.05, 0) is 18.2 Å². The fourth-order valence-electron chi connectivity index (χ4n) is 1.23. The minimum absolute atomic E-state index is 0.878. The van der Waals surface area contributed by atoms with Crippen LogP contribution >= 0.6 is 15.9 Å². The molecule has 0 aliphatic carbocycles. The highest BCUT2D eigenvalue weighted by molar-refractivity contribution is 9.09. The zero-order chi connectivity index (χ0) is 9.80. The third-order valence-electron chi connectivity index (χ3n) is 1.89. The van der Waals surface area contributed by atoms with Gasteiger partial charge in [0.2, 0.25) is 0 Å². The van der Waals surface area contributed by atoms with Gasteiger partial charge in [0.15, 0.2) is 0 Å². The minimum atomic E-state index is 0.878. The molecule has 0 saturated carbocycles. The summed E-state index contributed by atoms with van der Waals surface area (Å²) in [7, 11) is 0. The monoisotopic (exact) mass is 248 g/mol. The number of fused-ring (bicyclic) bond motifs is 1. The van der Waals surface area contributed by atoms with Crippen molar-refractivity contribution in [3.05, 3.63) is 30.0 Å². The van der Waals surface area contributed by atoms with Crippen molar-refractivity contribution in [3.8, 4) is 11.8 Å². The van der Waals surface area contributed by atoms with E-state index >= 15 is 0 Å². The molecule has 1 heterocycles. The second-order valence-electron chi connectivity index (χ2n) is 2.91. The van der Waals surface area contributed by atoms with E-state index in [0.29, 0.717) is 0 Å². The Morgan fingerprint density at radius 3 is 3.21 bits per heavy atom. The topological polar surface area (TPSA) is 28.7 Å². The zero-order valence-electron chi connectivity index (χ0n) is 7.55. The molecule has 0 aliphatic rings. The van der Waals surface area contributed by atoms with Gasteiger partial charge in [0.05, 0.1) is 11.7 Å². The van der Waals surface area contributed by atoms with Crippen molar-refractivity contribution < 1.29 is 0 Å². The molecule has 0 saturated heterocycles. The molecule has 0 fully saturated rings. The Bertz CT molecular complexity index is 490. The molecule has 2 aromatic rings. The minimum Gasteiger partial charge on any atom is -0.278 e. The van der Waals surface area contributed by atoms with Gasteiger partial charge in [0.25, 0.3) is 0 Å². The van der Waals surface area contributed by atoms with Crippen LogP contribution in [0.5, 0.6) is 0 Å². The summed E-state index contributed by atoms with van der Waals surface area (Å²) in [5, 5.41) is 8.90. The Morgan fingerprint density at radius 1 is 1.43 bits per heavy atom. The maximum atomic E-state index is 3.96. The molecule has 0 amide bonds. The van der Waals surface area contributed by atoms with Crippen LogP contribution in [0, 0.1) is 11.8 Å². The van der Waals surface area contributed by atoms with Crippen LogP contribution in [0.25, 0.3) is 10.9 Å². The number of benzene rings is 1. The van der Waals surface area contributed by atoms with Crippen LogP contribution in [-0.2, 0) is 0 Å². The Balaban J connectivity index is 2.31. The first kappa shape index (κ1) is 9.29. The summed E-state index contributed by atoms with van der Waals surface area (Å²) in [4.78, 5) is 0. The maximum absolute atomic E-state index is 3.96. The largest absolute Gasteiger partial charge is 0.278 e. The van der Waals surface area contributed by atoms with E-state index in [4.69, 9.17) is 0 Å². The lowest BCUT2D eigenvalue weighted by Gasteiger charge is -1.90. The molecule has 0 unspecified atom stereocenters. The second-order valence-corrected chi connectivity index (χ2v) is 3.71. The third-order valence-corrected chi connectivity index (χ3v) is 2.29. The molecule has 1 N–H and O–H groups in total. The zero-order valence-corrected chi connectivity index (χ0v) is 9.13. The van der Waals surface area contributed by atoms with Crippen molar-refractivity contribution in [2.45, 2.75) is 6.42 Å². The van der Waals surface area contributed by atoms with Gasteiger partial charge < -0.3 is 0 Å². The van der Waals surface area contributed by atoms with E-state index in [1.807, 2.05) is 24.4 Å². The van der Waals surface area contributed by atoms with Gasteiger partial charge in [-0.1, -0.05) is 27.8 Å². The second kappa shape index (κ2) is 4.30. The summed E-state index contributed by atoms with van der Waals surface area (Å²) in [6, 6.07) is 6.04. The molecular weight excluding hydrogens is 240 g/mol. The summed E-state index contributed by atoms with van der Waals surface area (Å²) < 4.78 is 0. The van der Waals surface area contributed by atoms with E-state index in [2.05, 4.69) is 38.0 Å². The molecule has 0 atom stereocenters. The van der Waals surface area contributed by atoms with E-state index in [1.54, 1.807) is 0 Å². The van der Waals surface area contributed by atoms with Crippen molar-refractivity contribution in [2.24, 2.45) is 0 Å². The first-order valence-electron chi connectivity index (χ1n) is 4.38. The van der Waals surface area contributed by atoms with Crippen LogP contribution in [-0.4, -0.2) is 15.5 Å². The van der Waals surface area contributed by atoms with Crippen LogP contribution in [0.2, 0.25) is 0 Å². The van der Waals surface area contributed by atoms with Crippen molar-refractivity contribution in [1.82, 2.24) is 10.2 Å². The van der Waals surface area contributed by atoms with Gasteiger partial charge in [-0.25, -0.2) is 0 Å². The number of hydrogen-bond donors (Lipinski definition) is 1. The Hall–Kier alpha value is -1.27. The summed E-state index contributed by atoms with van der Waals surface area (Å²) in [5.74, 6) is 6.19. The molecular formula is C11H9BrN2. The van der Waals surface area contributed by atoms with Crippen LogP contribution in [0.4, 0.5) is 0 Å². The Labute approximate surface area is 90.8 Å². The predicted octanol–water partition coefficient (Wildman–Crippen LogP) is 2.70. The number of alkyl halides is 1. The smallest absolute Gasteiger partial charge is 0.0651 e. The summed E-state index contributed by atoms with van der Waals surface area (Å²) >= 11 is 3.34. The highest BCUT2D eigenvalue weighted by Crippen LogP contribution is 2.11. The molecule has 2 nitrogen and oxygen atoms in total. The SMILES string of the molecule is BrCCC#Cc1ccc2[nH]ncc2c1. The maximum Gasteiger partial charge on any atom is 0.0651 e. The van der Waals surface area contributed by atoms with Gasteiger partial charge in [-0.15, -0.1) is 0 Å². The lowest BCUT2D eigenvalue weighted by atomic mass is 10.1. The molecule has 0 spiro atoms. The van der Waals surface area contributed by atoms with Crippen LogP contribution < -0.4 is 0 Å². The molecule has 0 radical (unpaired) electrons. The molecule has 70 valence electrons. The van der Waals surface area contributed by atoms with E-state index in [-0.39, 0.29) is 0 Å². The van der Waals surface area contributed by atoms with Gasteiger partial charge in [0.1, 0.15) is 0 Å². The first-order valence-corrected chi connectivity index (χ1v) is 5.50. The Morgan fingerprint density at radius 2 is 2.36 bits per heavy atom. The first-order chi connectivity index (χ1) is 6.90. The average Bonchev–Trinajstić information content (AvgIpc) is 2.65. The predicted molar refractivity (Wildman–Crippen MR) is 61.4 cm³/mol. The molecule has 0 aliphatic heterocycles. The van der Waals surface area contributed by atoms with E-state index < -0.39 is 0 Å². The van der Waals surface area contributed by atoms with Crippen LogP contribution in [0.3, 0.4) is 0 Å². The Kier molecular flexibility index (Phi) is 2.85. The summed E-state index contributed by atoms with van der Waals surface area (Å²) in [6.45, 7) is 0. The van der Waals surface area contributed by atoms with Gasteiger partial charge in [-0.3, -0.25) is 5.10 Å². The van der Waals surface area contributed by atoms with Gasteiger partial charge in [-0.2, -0.15) is 5.10 Å². The third kappa shape index (κ3) is 1.97. The van der Waals surface area contributed by atoms with Crippen LogP contribution in [0.15, 0.2) is 24.4 Å². The lowest BCUT2D eigenvalue weighted by Crippen LogP contribution is -1.75. The standard InChI is InChI=1S/C11H9BrN2/c12-6-2-1-3-9-4-5-11-10(7-9)8-13-14-11/h4-5,7-8H,2,6H2,(H,13,14). The quantitative estimate of drug-likeness (QED) is 0.611. The van der Waals surface area contributed by atoms with E-state index in [1.165, 1.54) is 0 Å². The molecule has 2 rings (SSSR count). The number of rotatable bonds is 1. The number of halogens is 1. The molecule has 14 heavy (non-hydrogen) atoms. The summed E-state index contributed by atoms with van der Waals surface area (Å²) in [5.41, 5.74) is 2.09. The van der Waals surface area contributed by atoms with Gasteiger partial charge >= 0.3 is 0 Å². The molecule has 1 aromatic carbocycles. The summed E-state index contributed by atoms with van der Waals surface area (Å²) in [6.07, 6.45) is 2.69. The lowest BCUT2D eigenvalue weighted by molar-refractivity contribution is 1.12. The molecule has 3 heteroatoms. The fourth-order valence-corrected chi connectivity index (χ4v) is 1.43. The van der Waals surface area contributed by atoms with Crippen molar-refractivity contribution >= 4 is 26.8 Å². The highest BCUT2D eigenvalue weighted by Gasteiger charge is 1.94. The number of H-pyrrole nitrogens is 1. The number of aromatic amines is 1. The van der Waals surface area contributed by atoms with Crippen molar-refractivity contribution in [3.63, 3.8) is 0 Å². The average molecular weight is 249 g/mol. The van der Waals surface area contributed by atoms with E-state index in [0.717, 1.165) is 28.2 Å². The number of nitrogens with zero attached hydrogens (tertiary/aromatic N) is 1. The van der Waals surface area contributed by atoms with Crippen LogP contribution in [0.1, 0.15) is 12.0 Å². The van der Waals surface area contributed by atoms with Gasteiger partial charge in [0, 0.05) is 22.7 Å². The van der Waals surface area contributed by atoms with Crippen molar-refractivity contribution in [1.29, 1.82) is 0 Å². The number of nitrogens with one attached hydrogen (secondary N) is 1.